The van der Waals surface area contributed by atoms with E-state index in [0.29, 0.717) is 6.20 Å². The fourth-order valence-corrected chi connectivity index (χ4v) is 1.81. The molecule has 12 heteroatoms. The molecule has 1 aromatic carbocycles. The van der Waals surface area contributed by atoms with E-state index in [4.69, 9.17) is 14.6 Å². The molecule has 0 fully saturated rings. The van der Waals surface area contributed by atoms with Gasteiger partial charge in [-0.05, 0) is 19.1 Å². The van der Waals surface area contributed by atoms with Crippen LogP contribution < -0.4 is 9.47 Å². The maximum Gasteiger partial charge on any atom is 0.417 e. The second-order valence-electron chi connectivity index (χ2n) is 5.10. The minimum atomic E-state index is -4.80. The Morgan fingerprint density at radius 1 is 1.33 bits per heavy atom. The van der Waals surface area contributed by atoms with Gasteiger partial charge in [-0.25, -0.2) is 14.2 Å². The van der Waals surface area contributed by atoms with Crippen molar-refractivity contribution in [1.29, 1.82) is 0 Å². The quantitative estimate of drug-likeness (QED) is 0.454. The first kappa shape index (κ1) is 19.9. The predicted molar refractivity (Wildman–Crippen MR) is 80.1 cm³/mol. The summed E-state index contributed by atoms with van der Waals surface area (Å²) in [6.07, 6.45) is -5.89. The summed E-state index contributed by atoms with van der Waals surface area (Å²) in [5.74, 6) is -4.37. The van der Waals surface area contributed by atoms with Crippen molar-refractivity contribution in [3.05, 3.63) is 52.0 Å². The van der Waals surface area contributed by atoms with Gasteiger partial charge in [0.05, 0.1) is 10.5 Å². The van der Waals surface area contributed by atoms with E-state index in [2.05, 4.69) is 4.98 Å². The molecule has 0 aliphatic rings. The molecule has 1 aromatic heterocycles. The lowest BCUT2D eigenvalue weighted by atomic mass is 10.2. The van der Waals surface area contributed by atoms with Gasteiger partial charge in [-0.2, -0.15) is 13.2 Å². The third-order valence-electron chi connectivity index (χ3n) is 3.13. The van der Waals surface area contributed by atoms with Gasteiger partial charge in [0.1, 0.15) is 5.75 Å². The fraction of sp³-hybridized carbons (Fsp3) is 0.200. The summed E-state index contributed by atoms with van der Waals surface area (Å²) in [4.78, 5) is 24.2. The number of benzene rings is 1. The minimum absolute atomic E-state index is 0.178. The van der Waals surface area contributed by atoms with Crippen molar-refractivity contribution in [1.82, 2.24) is 4.98 Å². The number of halogens is 4. The summed E-state index contributed by atoms with van der Waals surface area (Å²) in [5, 5.41) is 19.8. The van der Waals surface area contributed by atoms with E-state index in [1.807, 2.05) is 0 Å². The normalized spacial score (nSPS) is 12.3. The van der Waals surface area contributed by atoms with E-state index in [0.717, 1.165) is 25.1 Å². The average Bonchev–Trinajstić information content (AvgIpc) is 2.55. The lowest BCUT2D eigenvalue weighted by Crippen LogP contribution is -2.23. The predicted octanol–water partition coefficient (Wildman–Crippen LogP) is 3.79. The van der Waals surface area contributed by atoms with Crippen molar-refractivity contribution in [2.45, 2.75) is 19.2 Å². The zero-order valence-corrected chi connectivity index (χ0v) is 13.4. The van der Waals surface area contributed by atoms with Crippen molar-refractivity contribution in [3.63, 3.8) is 0 Å². The highest BCUT2D eigenvalue weighted by molar-refractivity contribution is 5.72. The second kappa shape index (κ2) is 7.43. The molecule has 1 atom stereocenters. The number of carboxylic acids is 1. The van der Waals surface area contributed by atoms with E-state index >= 15 is 0 Å². The van der Waals surface area contributed by atoms with Gasteiger partial charge in [0.2, 0.25) is 5.75 Å². The van der Waals surface area contributed by atoms with Gasteiger partial charge in [0.25, 0.3) is 5.88 Å². The lowest BCUT2D eigenvalue weighted by molar-refractivity contribution is -0.386. The third-order valence-corrected chi connectivity index (χ3v) is 3.13. The molecule has 2 aromatic rings. The van der Waals surface area contributed by atoms with Crippen LogP contribution in [0.5, 0.6) is 17.4 Å². The van der Waals surface area contributed by atoms with Crippen LogP contribution in [-0.4, -0.2) is 27.1 Å². The standard InChI is InChI=1S/C15H10F4N2O6/c1-7(14(22)23)26-12-5-9(2-3-11(12)21(24)25)27-13-10(16)4-8(6-20-13)15(17,18)19/h2-7H,1H3,(H,22,23). The van der Waals surface area contributed by atoms with E-state index in [1.165, 1.54) is 0 Å². The molecule has 0 aliphatic carbocycles. The Balaban J connectivity index is 2.34. The average molecular weight is 390 g/mol. The van der Waals surface area contributed by atoms with Gasteiger partial charge in [-0.15, -0.1) is 0 Å². The summed E-state index contributed by atoms with van der Waals surface area (Å²) >= 11 is 0. The number of nitro groups is 1. The number of aromatic nitrogens is 1. The molecule has 1 unspecified atom stereocenters. The van der Waals surface area contributed by atoms with Crippen LogP contribution in [0.1, 0.15) is 12.5 Å². The molecule has 0 bridgehead atoms. The molecule has 2 rings (SSSR count). The Morgan fingerprint density at radius 2 is 2.00 bits per heavy atom. The van der Waals surface area contributed by atoms with Crippen LogP contribution in [0.25, 0.3) is 0 Å². The van der Waals surface area contributed by atoms with Crippen molar-refractivity contribution < 1.29 is 41.9 Å². The van der Waals surface area contributed by atoms with E-state index in [9.17, 15) is 32.5 Å². The van der Waals surface area contributed by atoms with E-state index < -0.39 is 51.9 Å². The zero-order valence-electron chi connectivity index (χ0n) is 13.4. The summed E-state index contributed by atoms with van der Waals surface area (Å²) in [7, 11) is 0. The number of ether oxygens (including phenoxy) is 2. The molecule has 1 heterocycles. The largest absolute Gasteiger partial charge is 0.479 e. The topological polar surface area (TPSA) is 112 Å². The SMILES string of the molecule is CC(Oc1cc(Oc2ncc(C(F)(F)F)cc2F)ccc1[N+](=O)[O-])C(=O)O. The summed E-state index contributed by atoms with van der Waals surface area (Å²) in [6, 6.07) is 3.00. The van der Waals surface area contributed by atoms with Gasteiger partial charge >= 0.3 is 17.8 Å². The molecule has 0 aliphatic heterocycles. The van der Waals surface area contributed by atoms with Gasteiger partial charge in [-0.3, -0.25) is 10.1 Å². The molecular formula is C15H10F4N2O6. The molecule has 144 valence electrons. The molecule has 8 nitrogen and oxygen atoms in total. The Kier molecular flexibility index (Phi) is 5.47. The summed E-state index contributed by atoms with van der Waals surface area (Å²) in [5.41, 5.74) is -1.91. The number of rotatable bonds is 6. The molecule has 27 heavy (non-hydrogen) atoms. The monoisotopic (exact) mass is 390 g/mol. The van der Waals surface area contributed by atoms with Gasteiger partial charge < -0.3 is 14.6 Å². The number of aliphatic carboxylic acids is 1. The van der Waals surface area contributed by atoms with Gasteiger partial charge in [0, 0.05) is 18.3 Å². The maximum atomic E-state index is 13.8. The molecule has 0 saturated heterocycles. The number of nitrogens with zero attached hydrogens (tertiary/aromatic N) is 2. The number of carboxylic acid groups (broad SMARTS) is 1. The number of carbonyl (C=O) groups is 1. The van der Waals surface area contributed by atoms with Crippen LogP contribution in [0, 0.1) is 15.9 Å². The Hall–Kier alpha value is -3.44. The molecule has 0 spiro atoms. The number of alkyl halides is 3. The Bertz CT molecular complexity index is 887. The fourth-order valence-electron chi connectivity index (χ4n) is 1.81. The number of nitro benzene ring substituents is 1. The molecule has 0 amide bonds. The Morgan fingerprint density at radius 3 is 2.52 bits per heavy atom. The maximum absolute atomic E-state index is 13.8. The number of pyridine rings is 1. The highest BCUT2D eigenvalue weighted by Gasteiger charge is 2.32. The Labute approximate surface area is 148 Å². The first-order chi connectivity index (χ1) is 12.5. The molecule has 1 N–H and O–H groups in total. The summed E-state index contributed by atoms with van der Waals surface area (Å²) < 4.78 is 61.3. The van der Waals surface area contributed by atoms with Crippen LogP contribution >= 0.6 is 0 Å². The first-order valence-corrected chi connectivity index (χ1v) is 7.07. The van der Waals surface area contributed by atoms with Crippen molar-refractivity contribution in [2.75, 3.05) is 0 Å². The molecule has 0 radical (unpaired) electrons. The second-order valence-corrected chi connectivity index (χ2v) is 5.10. The highest BCUT2D eigenvalue weighted by atomic mass is 19.4. The zero-order chi connectivity index (χ0) is 20.4. The first-order valence-electron chi connectivity index (χ1n) is 7.07. The lowest BCUT2D eigenvalue weighted by Gasteiger charge is -2.13. The smallest absolute Gasteiger partial charge is 0.417 e. The van der Waals surface area contributed by atoms with Crippen LogP contribution in [-0.2, 0) is 11.0 Å². The summed E-state index contributed by atoms with van der Waals surface area (Å²) in [6.45, 7) is 1.12. The molecule has 0 saturated carbocycles. The minimum Gasteiger partial charge on any atom is -0.479 e. The van der Waals surface area contributed by atoms with Gasteiger partial charge in [-0.1, -0.05) is 0 Å². The number of hydrogen-bond acceptors (Lipinski definition) is 6. The van der Waals surface area contributed by atoms with Crippen molar-refractivity contribution in [3.8, 4) is 17.4 Å². The highest BCUT2D eigenvalue weighted by Crippen LogP contribution is 2.35. The van der Waals surface area contributed by atoms with E-state index in [1.54, 1.807) is 0 Å². The van der Waals surface area contributed by atoms with Crippen LogP contribution in [0.15, 0.2) is 30.5 Å². The third kappa shape index (κ3) is 4.80. The van der Waals surface area contributed by atoms with Gasteiger partial charge in [0.15, 0.2) is 11.9 Å². The van der Waals surface area contributed by atoms with Crippen molar-refractivity contribution >= 4 is 11.7 Å². The van der Waals surface area contributed by atoms with Crippen LogP contribution in [0.3, 0.4) is 0 Å². The van der Waals surface area contributed by atoms with E-state index in [-0.39, 0.29) is 11.8 Å². The van der Waals surface area contributed by atoms with Crippen LogP contribution in [0.2, 0.25) is 0 Å². The van der Waals surface area contributed by atoms with Crippen molar-refractivity contribution in [2.24, 2.45) is 0 Å². The number of hydrogen-bond donors (Lipinski definition) is 1. The van der Waals surface area contributed by atoms with Crippen LogP contribution in [0.4, 0.5) is 23.2 Å². The molecular weight excluding hydrogens is 380 g/mol.